The fourth-order valence-corrected chi connectivity index (χ4v) is 1.83. The largest absolute Gasteiger partial charge is 0.0842 e. The monoisotopic (exact) mass is 158 g/mol. The summed E-state index contributed by atoms with van der Waals surface area (Å²) in [6.45, 7) is 2.28. The van der Waals surface area contributed by atoms with Crippen molar-refractivity contribution in [2.24, 2.45) is 5.41 Å². The van der Waals surface area contributed by atoms with Crippen LogP contribution in [0.1, 0.15) is 19.8 Å². The molecule has 0 saturated carbocycles. The highest BCUT2D eigenvalue weighted by atomic mass is 14.3. The van der Waals surface area contributed by atoms with Gasteiger partial charge >= 0.3 is 0 Å². The Morgan fingerprint density at radius 3 is 2.50 bits per heavy atom. The van der Waals surface area contributed by atoms with Crippen LogP contribution in [0.4, 0.5) is 0 Å². The highest BCUT2D eigenvalue weighted by Crippen LogP contribution is 2.37. The Morgan fingerprint density at radius 1 is 1.17 bits per heavy atom. The molecule has 0 aliphatic heterocycles. The maximum Gasteiger partial charge on any atom is 0.0252 e. The van der Waals surface area contributed by atoms with E-state index in [9.17, 15) is 0 Å². The van der Waals surface area contributed by atoms with Crippen molar-refractivity contribution < 1.29 is 0 Å². The van der Waals surface area contributed by atoms with Gasteiger partial charge in [-0.25, -0.2) is 0 Å². The molecule has 0 aromatic heterocycles. The molecule has 2 rings (SSSR count). The van der Waals surface area contributed by atoms with E-state index in [4.69, 9.17) is 0 Å². The number of allylic oxidation sites excluding steroid dienone is 8. The van der Waals surface area contributed by atoms with Gasteiger partial charge in [0.05, 0.1) is 0 Å². The van der Waals surface area contributed by atoms with Crippen LogP contribution in [-0.4, -0.2) is 0 Å². The van der Waals surface area contributed by atoms with Crippen LogP contribution in [0.15, 0.2) is 48.1 Å². The van der Waals surface area contributed by atoms with Crippen molar-refractivity contribution in [1.82, 2.24) is 0 Å². The second-order valence-corrected chi connectivity index (χ2v) is 3.66. The molecule has 0 aromatic rings. The van der Waals surface area contributed by atoms with Crippen LogP contribution in [-0.2, 0) is 0 Å². The molecule has 62 valence electrons. The molecular formula is C12H14. The molecule has 0 N–H and O–H groups in total. The lowest BCUT2D eigenvalue weighted by Crippen LogP contribution is -2.12. The molecule has 0 fully saturated rings. The molecule has 0 nitrogen and oxygen atoms in total. The zero-order valence-electron chi connectivity index (χ0n) is 7.46. The number of hydrogen-bond acceptors (Lipinski definition) is 0. The second kappa shape index (κ2) is 2.78. The predicted octanol–water partition coefficient (Wildman–Crippen LogP) is 3.40. The summed E-state index contributed by atoms with van der Waals surface area (Å²) < 4.78 is 0. The van der Waals surface area contributed by atoms with E-state index >= 15 is 0 Å². The van der Waals surface area contributed by atoms with E-state index in [0.29, 0.717) is 0 Å². The third kappa shape index (κ3) is 1.18. The minimum atomic E-state index is 0.213. The van der Waals surface area contributed by atoms with Crippen molar-refractivity contribution in [1.29, 1.82) is 0 Å². The van der Waals surface area contributed by atoms with Crippen LogP contribution in [0.5, 0.6) is 0 Å². The molecule has 0 amide bonds. The van der Waals surface area contributed by atoms with Gasteiger partial charge in [0.2, 0.25) is 0 Å². The molecule has 0 saturated heterocycles. The Bertz CT molecular complexity index is 275. The van der Waals surface area contributed by atoms with Gasteiger partial charge in [-0.1, -0.05) is 48.1 Å². The molecule has 0 radical (unpaired) electrons. The van der Waals surface area contributed by atoms with Gasteiger partial charge in [-0.2, -0.15) is 0 Å². The smallest absolute Gasteiger partial charge is 0.0252 e. The Morgan fingerprint density at radius 2 is 1.92 bits per heavy atom. The van der Waals surface area contributed by atoms with Gasteiger partial charge in [0.15, 0.2) is 0 Å². The summed E-state index contributed by atoms with van der Waals surface area (Å²) in [5, 5.41) is 0. The second-order valence-electron chi connectivity index (χ2n) is 3.66. The van der Waals surface area contributed by atoms with Crippen molar-refractivity contribution in [2.45, 2.75) is 19.8 Å². The number of hydrogen-bond donors (Lipinski definition) is 0. The van der Waals surface area contributed by atoms with Gasteiger partial charge in [-0.3, -0.25) is 0 Å². The van der Waals surface area contributed by atoms with E-state index in [1.807, 2.05) is 0 Å². The molecule has 0 heterocycles. The molecule has 0 aromatic carbocycles. The fourth-order valence-electron chi connectivity index (χ4n) is 1.83. The molecule has 0 unspecified atom stereocenters. The summed E-state index contributed by atoms with van der Waals surface area (Å²) in [5.74, 6) is 0. The van der Waals surface area contributed by atoms with Gasteiger partial charge in [-0.15, -0.1) is 0 Å². The lowest BCUT2D eigenvalue weighted by atomic mass is 9.80. The van der Waals surface area contributed by atoms with Gasteiger partial charge in [0, 0.05) is 5.41 Å². The average Bonchev–Trinajstić information content (AvgIpc) is 2.55. The predicted molar refractivity (Wildman–Crippen MR) is 52.8 cm³/mol. The standard InChI is InChI=1S/C12H14/c1-12(9-5-6-10-12)11-7-3-2-4-8-11/h2-3,5-7,9-10H,4,8H2,1H3. The lowest BCUT2D eigenvalue weighted by Gasteiger charge is -2.24. The third-order valence-electron chi connectivity index (χ3n) is 2.70. The van der Waals surface area contributed by atoms with E-state index in [1.54, 1.807) is 0 Å². The number of rotatable bonds is 1. The van der Waals surface area contributed by atoms with Gasteiger partial charge in [-0.05, 0) is 19.8 Å². The molecule has 12 heavy (non-hydrogen) atoms. The topological polar surface area (TPSA) is 0 Å². The first-order valence-electron chi connectivity index (χ1n) is 4.54. The molecular weight excluding hydrogens is 144 g/mol. The minimum absolute atomic E-state index is 0.213. The molecule has 0 bridgehead atoms. The van der Waals surface area contributed by atoms with Crippen LogP contribution >= 0.6 is 0 Å². The molecule has 0 atom stereocenters. The molecule has 2 aliphatic carbocycles. The maximum atomic E-state index is 2.28. The van der Waals surface area contributed by atoms with Crippen LogP contribution in [0.3, 0.4) is 0 Å². The van der Waals surface area contributed by atoms with E-state index in [0.717, 1.165) is 0 Å². The molecule has 2 aliphatic rings. The maximum absolute atomic E-state index is 2.28. The van der Waals surface area contributed by atoms with Gasteiger partial charge < -0.3 is 0 Å². The lowest BCUT2D eigenvalue weighted by molar-refractivity contribution is 0.629. The van der Waals surface area contributed by atoms with E-state index in [2.05, 4.69) is 49.5 Å². The first-order valence-corrected chi connectivity index (χ1v) is 4.54. The zero-order chi connectivity index (χ0) is 8.44. The van der Waals surface area contributed by atoms with E-state index in [-0.39, 0.29) is 5.41 Å². The first-order chi connectivity index (χ1) is 5.81. The van der Waals surface area contributed by atoms with Crippen LogP contribution in [0, 0.1) is 5.41 Å². The Hall–Kier alpha value is -1.04. The van der Waals surface area contributed by atoms with Crippen molar-refractivity contribution in [2.75, 3.05) is 0 Å². The van der Waals surface area contributed by atoms with Crippen LogP contribution in [0.25, 0.3) is 0 Å². The Balaban J connectivity index is 2.28. The summed E-state index contributed by atoms with van der Waals surface area (Å²) in [6, 6.07) is 0. The van der Waals surface area contributed by atoms with Gasteiger partial charge in [0.1, 0.15) is 0 Å². The SMILES string of the molecule is CC1(C2=CC=CCC2)C=CC=C1. The summed E-state index contributed by atoms with van der Waals surface area (Å²) in [4.78, 5) is 0. The van der Waals surface area contributed by atoms with Crippen molar-refractivity contribution in [3.8, 4) is 0 Å². The van der Waals surface area contributed by atoms with Gasteiger partial charge in [0.25, 0.3) is 0 Å². The quantitative estimate of drug-likeness (QED) is 0.548. The summed E-state index contributed by atoms with van der Waals surface area (Å²) in [6.07, 6.45) is 17.9. The highest BCUT2D eigenvalue weighted by Gasteiger charge is 2.24. The fraction of sp³-hybridized carbons (Fsp3) is 0.333. The van der Waals surface area contributed by atoms with Crippen LogP contribution in [0.2, 0.25) is 0 Å². The molecule has 0 heteroatoms. The first kappa shape index (κ1) is 7.60. The third-order valence-corrected chi connectivity index (χ3v) is 2.70. The van der Waals surface area contributed by atoms with E-state index < -0.39 is 0 Å². The summed E-state index contributed by atoms with van der Waals surface area (Å²) in [7, 11) is 0. The minimum Gasteiger partial charge on any atom is -0.0842 e. The van der Waals surface area contributed by atoms with Crippen LogP contribution < -0.4 is 0 Å². The van der Waals surface area contributed by atoms with Crippen molar-refractivity contribution in [3.05, 3.63) is 48.1 Å². The van der Waals surface area contributed by atoms with Crippen molar-refractivity contribution in [3.63, 3.8) is 0 Å². The molecule has 0 spiro atoms. The average molecular weight is 158 g/mol. The Labute approximate surface area is 74.0 Å². The normalized spacial score (nSPS) is 24.6. The Kier molecular flexibility index (Phi) is 1.76. The summed E-state index contributed by atoms with van der Waals surface area (Å²) >= 11 is 0. The summed E-state index contributed by atoms with van der Waals surface area (Å²) in [5.41, 5.74) is 1.75. The zero-order valence-corrected chi connectivity index (χ0v) is 7.46. The highest BCUT2D eigenvalue weighted by molar-refractivity contribution is 5.38. The van der Waals surface area contributed by atoms with Crippen molar-refractivity contribution >= 4 is 0 Å². The van der Waals surface area contributed by atoms with E-state index in [1.165, 1.54) is 18.4 Å².